The number of hydrogen-bond donors (Lipinski definition) is 0. The number of cyclic esters (lactones) is 1. The lowest BCUT2D eigenvalue weighted by Gasteiger charge is -2.11. The molecule has 1 heterocycles. The van der Waals surface area contributed by atoms with Gasteiger partial charge in [-0.2, -0.15) is 11.8 Å². The van der Waals surface area contributed by atoms with Crippen molar-refractivity contribution in [2.24, 2.45) is 0 Å². The van der Waals surface area contributed by atoms with Gasteiger partial charge in [0.25, 0.3) is 0 Å². The molecule has 0 spiro atoms. The van der Waals surface area contributed by atoms with Gasteiger partial charge in [0.1, 0.15) is 11.9 Å². The number of rotatable bonds is 8. The van der Waals surface area contributed by atoms with Crippen LogP contribution in [0.4, 0.5) is 0 Å². The van der Waals surface area contributed by atoms with Crippen LogP contribution in [0.15, 0.2) is 18.2 Å². The Kier molecular flexibility index (Phi) is 5.77. The summed E-state index contributed by atoms with van der Waals surface area (Å²) < 4.78 is 10.7. The van der Waals surface area contributed by atoms with E-state index in [0.717, 1.165) is 23.5 Å². The van der Waals surface area contributed by atoms with E-state index in [4.69, 9.17) is 9.47 Å². The van der Waals surface area contributed by atoms with Crippen molar-refractivity contribution in [3.05, 3.63) is 29.3 Å². The molecule has 1 unspecified atom stereocenters. The van der Waals surface area contributed by atoms with Crippen LogP contribution in [-0.4, -0.2) is 24.6 Å². The first-order valence-electron chi connectivity index (χ1n) is 7.23. The molecule has 3 nitrogen and oxygen atoms in total. The van der Waals surface area contributed by atoms with Crippen LogP contribution in [0.25, 0.3) is 0 Å². The number of carbonyl (C=O) groups excluding carboxylic acids is 1. The molecule has 1 aromatic rings. The number of fused-ring (bicyclic) bond motifs is 1. The van der Waals surface area contributed by atoms with E-state index in [1.54, 1.807) is 13.2 Å². The van der Waals surface area contributed by atoms with Crippen LogP contribution in [0.5, 0.6) is 5.75 Å². The fourth-order valence-electron chi connectivity index (χ4n) is 2.34. The predicted octanol–water partition coefficient (Wildman–Crippen LogP) is 4.22. The van der Waals surface area contributed by atoms with E-state index in [0.29, 0.717) is 5.56 Å². The Morgan fingerprint density at radius 2 is 2.15 bits per heavy atom. The lowest BCUT2D eigenvalue weighted by Crippen LogP contribution is -2.00. The summed E-state index contributed by atoms with van der Waals surface area (Å²) in [6, 6.07) is 5.53. The molecule has 1 aliphatic heterocycles. The first kappa shape index (κ1) is 15.2. The molecule has 20 heavy (non-hydrogen) atoms. The molecule has 2 rings (SSSR count). The molecule has 0 N–H and O–H groups in total. The number of esters is 1. The van der Waals surface area contributed by atoms with Crippen molar-refractivity contribution in [3.63, 3.8) is 0 Å². The van der Waals surface area contributed by atoms with Gasteiger partial charge in [0, 0.05) is 5.56 Å². The van der Waals surface area contributed by atoms with Crippen molar-refractivity contribution in [2.75, 3.05) is 18.6 Å². The minimum Gasteiger partial charge on any atom is -0.497 e. The predicted molar refractivity (Wildman–Crippen MR) is 82.6 cm³/mol. The quantitative estimate of drug-likeness (QED) is 0.531. The van der Waals surface area contributed by atoms with Gasteiger partial charge in [-0.3, -0.25) is 0 Å². The van der Waals surface area contributed by atoms with E-state index >= 15 is 0 Å². The average molecular weight is 294 g/mol. The average Bonchev–Trinajstić information content (AvgIpc) is 2.78. The van der Waals surface area contributed by atoms with Crippen molar-refractivity contribution in [3.8, 4) is 5.75 Å². The number of thioether (sulfide) groups is 1. The summed E-state index contributed by atoms with van der Waals surface area (Å²) >= 11 is 1.94. The number of benzene rings is 1. The molecular weight excluding hydrogens is 272 g/mol. The smallest absolute Gasteiger partial charge is 0.339 e. The maximum atomic E-state index is 11.8. The fourth-order valence-corrected chi connectivity index (χ4v) is 3.33. The highest BCUT2D eigenvalue weighted by Crippen LogP contribution is 2.36. The molecular formula is C16H22O3S. The van der Waals surface area contributed by atoms with Crippen LogP contribution < -0.4 is 4.74 Å². The third kappa shape index (κ3) is 3.69. The summed E-state index contributed by atoms with van der Waals surface area (Å²) in [7, 11) is 1.64. The Morgan fingerprint density at radius 1 is 1.30 bits per heavy atom. The van der Waals surface area contributed by atoms with Gasteiger partial charge in [0.2, 0.25) is 0 Å². The Hall–Kier alpha value is -1.16. The van der Waals surface area contributed by atoms with E-state index in [-0.39, 0.29) is 12.1 Å². The molecule has 0 aromatic heterocycles. The van der Waals surface area contributed by atoms with Gasteiger partial charge >= 0.3 is 5.97 Å². The van der Waals surface area contributed by atoms with Crippen LogP contribution in [-0.2, 0) is 4.74 Å². The summed E-state index contributed by atoms with van der Waals surface area (Å²) in [5.74, 6) is 2.80. The van der Waals surface area contributed by atoms with Crippen molar-refractivity contribution in [1.82, 2.24) is 0 Å². The molecule has 0 saturated carbocycles. The number of hydrogen-bond acceptors (Lipinski definition) is 4. The lowest BCUT2D eigenvalue weighted by atomic mass is 10.0. The molecule has 0 radical (unpaired) electrons. The molecule has 4 heteroatoms. The lowest BCUT2D eigenvalue weighted by molar-refractivity contribution is 0.0381. The normalized spacial score (nSPS) is 16.9. The molecule has 1 atom stereocenters. The Labute approximate surface area is 125 Å². The standard InChI is InChI=1S/C16H22O3S/c1-3-4-5-9-20-10-8-15-14-11-12(18-2)6-7-13(14)16(17)19-15/h6-7,11,15H,3-5,8-10H2,1-2H3. The highest BCUT2D eigenvalue weighted by Gasteiger charge is 2.30. The summed E-state index contributed by atoms with van der Waals surface area (Å²) in [6.07, 6.45) is 4.60. The number of ether oxygens (including phenoxy) is 2. The topological polar surface area (TPSA) is 35.5 Å². The van der Waals surface area contributed by atoms with Crippen molar-refractivity contribution in [2.45, 2.75) is 38.7 Å². The van der Waals surface area contributed by atoms with E-state index in [1.165, 1.54) is 25.0 Å². The molecule has 0 saturated heterocycles. The van der Waals surface area contributed by atoms with Crippen LogP contribution in [0, 0.1) is 0 Å². The molecule has 110 valence electrons. The first-order valence-corrected chi connectivity index (χ1v) is 8.38. The highest BCUT2D eigenvalue weighted by atomic mass is 32.2. The first-order chi connectivity index (χ1) is 9.76. The zero-order chi connectivity index (χ0) is 14.4. The second-order valence-electron chi connectivity index (χ2n) is 4.96. The van der Waals surface area contributed by atoms with Crippen LogP contribution in [0.1, 0.15) is 54.6 Å². The zero-order valence-electron chi connectivity index (χ0n) is 12.2. The second kappa shape index (κ2) is 7.58. The second-order valence-corrected chi connectivity index (χ2v) is 6.18. The fraction of sp³-hybridized carbons (Fsp3) is 0.562. The summed E-state index contributed by atoms with van der Waals surface area (Å²) in [6.45, 7) is 2.22. The van der Waals surface area contributed by atoms with Crippen molar-refractivity contribution in [1.29, 1.82) is 0 Å². The zero-order valence-corrected chi connectivity index (χ0v) is 13.0. The monoisotopic (exact) mass is 294 g/mol. The minimum atomic E-state index is -0.205. The van der Waals surface area contributed by atoms with Crippen molar-refractivity contribution < 1.29 is 14.3 Å². The summed E-state index contributed by atoms with van der Waals surface area (Å²) in [5.41, 5.74) is 1.66. The number of unbranched alkanes of at least 4 members (excludes halogenated alkanes) is 2. The number of carbonyl (C=O) groups is 1. The minimum absolute atomic E-state index is 0.105. The van der Waals surface area contributed by atoms with Crippen molar-refractivity contribution >= 4 is 17.7 Å². The van der Waals surface area contributed by atoms with Gasteiger partial charge in [-0.15, -0.1) is 0 Å². The molecule has 0 fully saturated rings. The van der Waals surface area contributed by atoms with Gasteiger partial charge in [-0.05, 0) is 42.5 Å². The Morgan fingerprint density at radius 3 is 2.90 bits per heavy atom. The third-order valence-corrected chi connectivity index (χ3v) is 4.59. The number of methoxy groups -OCH3 is 1. The molecule has 1 aromatic carbocycles. The van der Waals surface area contributed by atoms with Crippen LogP contribution in [0.3, 0.4) is 0 Å². The van der Waals surface area contributed by atoms with Gasteiger partial charge in [-0.25, -0.2) is 4.79 Å². The molecule has 0 bridgehead atoms. The van der Waals surface area contributed by atoms with Gasteiger partial charge in [0.15, 0.2) is 0 Å². The third-order valence-electron chi connectivity index (χ3n) is 3.49. The van der Waals surface area contributed by atoms with Gasteiger partial charge < -0.3 is 9.47 Å². The highest BCUT2D eigenvalue weighted by molar-refractivity contribution is 7.99. The molecule has 1 aliphatic rings. The Bertz CT molecular complexity index is 459. The van der Waals surface area contributed by atoms with E-state index < -0.39 is 0 Å². The van der Waals surface area contributed by atoms with E-state index in [9.17, 15) is 4.79 Å². The SMILES string of the molecule is CCCCCSCCC1OC(=O)c2ccc(OC)cc21. The maximum absolute atomic E-state index is 11.8. The van der Waals surface area contributed by atoms with E-state index in [1.807, 2.05) is 23.9 Å². The molecule has 0 amide bonds. The largest absolute Gasteiger partial charge is 0.497 e. The summed E-state index contributed by atoms with van der Waals surface area (Å²) in [4.78, 5) is 11.8. The van der Waals surface area contributed by atoms with Gasteiger partial charge in [0.05, 0.1) is 12.7 Å². The van der Waals surface area contributed by atoms with Crippen LogP contribution >= 0.6 is 11.8 Å². The summed E-state index contributed by atoms with van der Waals surface area (Å²) in [5, 5.41) is 0. The van der Waals surface area contributed by atoms with Gasteiger partial charge in [-0.1, -0.05) is 19.8 Å². The van der Waals surface area contributed by atoms with E-state index in [2.05, 4.69) is 6.92 Å². The Balaban J connectivity index is 1.87. The van der Waals surface area contributed by atoms with Crippen LogP contribution in [0.2, 0.25) is 0 Å². The molecule has 0 aliphatic carbocycles. The maximum Gasteiger partial charge on any atom is 0.339 e.